The molecule has 0 aliphatic carbocycles. The molecule has 0 radical (unpaired) electrons. The second kappa shape index (κ2) is 7.49. The monoisotopic (exact) mass is 440 g/mol. The van der Waals surface area contributed by atoms with Crippen LogP contribution in [0.1, 0.15) is 15.9 Å². The summed E-state index contributed by atoms with van der Waals surface area (Å²) >= 11 is 0. The molecule has 5 rings (SSSR count). The molecule has 0 atom stereocenters. The van der Waals surface area contributed by atoms with E-state index in [1.54, 1.807) is 30.3 Å². The van der Waals surface area contributed by atoms with Crippen LogP contribution in [-0.2, 0) is 11.2 Å². The van der Waals surface area contributed by atoms with Crippen LogP contribution < -0.4 is 5.43 Å². The molecule has 0 saturated carbocycles. The van der Waals surface area contributed by atoms with Gasteiger partial charge in [-0.25, -0.2) is 4.79 Å². The summed E-state index contributed by atoms with van der Waals surface area (Å²) in [7, 11) is 0. The molecule has 7 heteroatoms. The molecule has 0 unspecified atom stereocenters. The fraction of sp³-hybridized carbons (Fsp3) is 0.0385. The van der Waals surface area contributed by atoms with Gasteiger partial charge in [-0.2, -0.15) is 0 Å². The average Bonchev–Trinajstić information content (AvgIpc) is 2.76. The first kappa shape index (κ1) is 20.3. The van der Waals surface area contributed by atoms with Crippen LogP contribution >= 0.6 is 0 Å². The SMILES string of the molecule is O=C(O)Cc1ccc(C(=O)O)c(-c2c3ccc(O)cc3oc3c2ccc2cc(=O)ccc23)c1. The average molecular weight is 440 g/mol. The minimum absolute atomic E-state index is 0.000942. The van der Waals surface area contributed by atoms with Crippen molar-refractivity contribution in [3.63, 3.8) is 0 Å². The highest BCUT2D eigenvalue weighted by Gasteiger charge is 2.20. The van der Waals surface area contributed by atoms with Gasteiger partial charge < -0.3 is 19.7 Å². The van der Waals surface area contributed by atoms with Gasteiger partial charge in [0.1, 0.15) is 16.9 Å². The quantitative estimate of drug-likeness (QED) is 0.271. The molecule has 33 heavy (non-hydrogen) atoms. The van der Waals surface area contributed by atoms with Crippen molar-refractivity contribution in [2.45, 2.75) is 6.42 Å². The molecule has 0 aliphatic rings. The highest BCUT2D eigenvalue weighted by molar-refractivity contribution is 6.17. The number of aromatic carboxylic acids is 1. The molecule has 0 spiro atoms. The Morgan fingerprint density at radius 1 is 0.818 bits per heavy atom. The van der Waals surface area contributed by atoms with Crippen molar-refractivity contribution in [3.8, 4) is 16.9 Å². The Bertz CT molecular complexity index is 1680. The van der Waals surface area contributed by atoms with Crippen LogP contribution in [0.3, 0.4) is 0 Å². The van der Waals surface area contributed by atoms with E-state index in [0.29, 0.717) is 49.4 Å². The van der Waals surface area contributed by atoms with Crippen molar-refractivity contribution in [3.05, 3.63) is 88.1 Å². The molecule has 0 saturated heterocycles. The molecule has 7 nitrogen and oxygen atoms in total. The van der Waals surface area contributed by atoms with E-state index < -0.39 is 11.9 Å². The van der Waals surface area contributed by atoms with E-state index in [9.17, 15) is 29.7 Å². The molecule has 1 heterocycles. The number of carbonyl (C=O) groups is 2. The van der Waals surface area contributed by atoms with Crippen LogP contribution in [0.15, 0.2) is 75.9 Å². The number of phenolic OH excluding ortho intramolecular Hbond substituents is 1. The molecular formula is C26H16O7. The first-order valence-corrected chi connectivity index (χ1v) is 10.0. The van der Waals surface area contributed by atoms with Gasteiger partial charge in [0.15, 0.2) is 5.43 Å². The summed E-state index contributed by atoms with van der Waals surface area (Å²) in [6, 6.07) is 17.0. The fourth-order valence-corrected chi connectivity index (χ4v) is 4.20. The standard InChI is InChI=1S/C26H16O7/c27-15-3-7-17-14(11-15)2-6-20-24(19-8-4-16(28)12-22(19)33-25(17)20)21-9-13(10-23(29)30)1-5-18(21)26(31)32/h1-9,11-12,28H,10H2,(H,29,30)(H,31,32). The summed E-state index contributed by atoms with van der Waals surface area (Å²) in [4.78, 5) is 35.2. The Labute approximate surface area is 185 Å². The van der Waals surface area contributed by atoms with Crippen molar-refractivity contribution in [2.24, 2.45) is 0 Å². The van der Waals surface area contributed by atoms with Crippen LogP contribution in [-0.4, -0.2) is 27.3 Å². The number of hydrogen-bond acceptors (Lipinski definition) is 5. The molecule has 1 aromatic heterocycles. The van der Waals surface area contributed by atoms with E-state index in [-0.39, 0.29) is 23.2 Å². The van der Waals surface area contributed by atoms with Gasteiger partial charge >= 0.3 is 11.9 Å². The van der Waals surface area contributed by atoms with Gasteiger partial charge in [0.2, 0.25) is 0 Å². The van der Waals surface area contributed by atoms with Crippen molar-refractivity contribution in [2.75, 3.05) is 0 Å². The maximum absolute atomic E-state index is 12.1. The fourth-order valence-electron chi connectivity index (χ4n) is 4.20. The third-order valence-corrected chi connectivity index (χ3v) is 5.60. The molecular weight excluding hydrogens is 424 g/mol. The third kappa shape index (κ3) is 3.45. The van der Waals surface area contributed by atoms with E-state index in [1.165, 1.54) is 36.4 Å². The highest BCUT2D eigenvalue weighted by Crippen LogP contribution is 2.41. The van der Waals surface area contributed by atoms with Crippen LogP contribution in [0.4, 0.5) is 0 Å². The molecule has 0 bridgehead atoms. The molecule has 162 valence electrons. The Kier molecular flexibility index (Phi) is 4.60. The third-order valence-electron chi connectivity index (χ3n) is 5.60. The first-order chi connectivity index (χ1) is 15.8. The number of carboxylic acid groups (broad SMARTS) is 2. The maximum atomic E-state index is 12.1. The lowest BCUT2D eigenvalue weighted by Crippen LogP contribution is -2.04. The summed E-state index contributed by atoms with van der Waals surface area (Å²) in [5.74, 6) is -2.23. The topological polar surface area (TPSA) is 125 Å². The number of carboxylic acids is 2. The van der Waals surface area contributed by atoms with E-state index in [0.717, 1.165) is 0 Å². The zero-order valence-electron chi connectivity index (χ0n) is 17.0. The molecule has 0 amide bonds. The van der Waals surface area contributed by atoms with Gasteiger partial charge in [-0.05, 0) is 65.0 Å². The van der Waals surface area contributed by atoms with Crippen LogP contribution in [0.25, 0.3) is 43.8 Å². The van der Waals surface area contributed by atoms with E-state index >= 15 is 0 Å². The van der Waals surface area contributed by atoms with E-state index in [1.807, 2.05) is 0 Å². The molecule has 5 aromatic rings. The van der Waals surface area contributed by atoms with Crippen molar-refractivity contribution >= 4 is 44.6 Å². The summed E-state index contributed by atoms with van der Waals surface area (Å²) < 4.78 is 6.13. The first-order valence-electron chi connectivity index (χ1n) is 10.0. The van der Waals surface area contributed by atoms with Gasteiger partial charge in [-0.3, -0.25) is 9.59 Å². The van der Waals surface area contributed by atoms with Crippen LogP contribution in [0, 0.1) is 0 Å². The number of rotatable bonds is 4. The van der Waals surface area contributed by atoms with Crippen molar-refractivity contribution in [1.82, 2.24) is 0 Å². The molecule has 0 aliphatic heterocycles. The Morgan fingerprint density at radius 3 is 2.33 bits per heavy atom. The van der Waals surface area contributed by atoms with Gasteiger partial charge in [-0.1, -0.05) is 12.1 Å². The lowest BCUT2D eigenvalue weighted by molar-refractivity contribution is -0.136. The number of aromatic hydroxyl groups is 1. The predicted molar refractivity (Wildman–Crippen MR) is 123 cm³/mol. The second-order valence-corrected chi connectivity index (χ2v) is 7.74. The maximum Gasteiger partial charge on any atom is 0.336 e. The van der Waals surface area contributed by atoms with E-state index in [2.05, 4.69) is 0 Å². The van der Waals surface area contributed by atoms with Crippen LogP contribution in [0.5, 0.6) is 5.75 Å². The smallest absolute Gasteiger partial charge is 0.336 e. The Balaban J connectivity index is 1.98. The minimum atomic E-state index is -1.16. The zero-order chi connectivity index (χ0) is 23.3. The Hall–Kier alpha value is -4.65. The zero-order valence-corrected chi connectivity index (χ0v) is 17.0. The Morgan fingerprint density at radius 2 is 1.58 bits per heavy atom. The lowest BCUT2D eigenvalue weighted by Gasteiger charge is -2.15. The molecule has 3 N–H and O–H groups in total. The van der Waals surface area contributed by atoms with Crippen LogP contribution in [0.2, 0.25) is 0 Å². The molecule has 0 fully saturated rings. The van der Waals surface area contributed by atoms with Gasteiger partial charge in [0, 0.05) is 27.8 Å². The number of fused-ring (bicyclic) bond motifs is 4. The normalized spacial score (nSPS) is 11.3. The van der Waals surface area contributed by atoms with Gasteiger partial charge in [-0.15, -0.1) is 0 Å². The second-order valence-electron chi connectivity index (χ2n) is 7.74. The predicted octanol–water partition coefficient (Wildman–Crippen LogP) is 4.80. The van der Waals surface area contributed by atoms with Gasteiger partial charge in [0.25, 0.3) is 0 Å². The summed E-state index contributed by atoms with van der Waals surface area (Å²) in [5, 5.41) is 31.6. The van der Waals surface area contributed by atoms with Crippen molar-refractivity contribution in [1.29, 1.82) is 0 Å². The van der Waals surface area contributed by atoms with Crippen molar-refractivity contribution < 1.29 is 29.3 Å². The van der Waals surface area contributed by atoms with Gasteiger partial charge in [0.05, 0.1) is 12.0 Å². The molecule has 4 aromatic carbocycles. The number of phenols is 1. The largest absolute Gasteiger partial charge is 0.508 e. The number of aliphatic carboxylic acids is 1. The number of benzene rings is 4. The summed E-state index contributed by atoms with van der Waals surface area (Å²) in [6.07, 6.45) is -0.268. The van der Waals surface area contributed by atoms with E-state index in [4.69, 9.17) is 4.42 Å². The lowest BCUT2D eigenvalue weighted by atomic mass is 9.90. The number of hydrogen-bond donors (Lipinski definition) is 3. The summed E-state index contributed by atoms with van der Waals surface area (Å²) in [5.41, 5.74) is 1.88. The highest BCUT2D eigenvalue weighted by atomic mass is 16.4. The minimum Gasteiger partial charge on any atom is -0.508 e. The summed E-state index contributed by atoms with van der Waals surface area (Å²) in [6.45, 7) is 0.